The lowest BCUT2D eigenvalue weighted by molar-refractivity contribution is -0.155. The van der Waals surface area contributed by atoms with Crippen LogP contribution < -0.4 is 9.50 Å². The first kappa shape index (κ1) is 32.4. The van der Waals surface area contributed by atoms with Gasteiger partial charge in [-0.2, -0.15) is 32.9 Å². The molecule has 0 fully saturated rings. The number of ether oxygens (including phenoxy) is 3. The van der Waals surface area contributed by atoms with Crippen LogP contribution in [0.15, 0.2) is 35.0 Å². The molecule has 0 bridgehead atoms. The van der Waals surface area contributed by atoms with Crippen LogP contribution in [0.4, 0.5) is 18.0 Å². The van der Waals surface area contributed by atoms with E-state index in [1.54, 1.807) is 34.6 Å². The van der Waals surface area contributed by atoms with E-state index in [9.17, 15) is 31.2 Å². The quantitative estimate of drug-likeness (QED) is 0.200. The lowest BCUT2D eigenvalue weighted by Crippen LogP contribution is -2.32. The number of alkyl halides is 3. The van der Waals surface area contributed by atoms with E-state index in [0.717, 1.165) is 11.6 Å². The maximum Gasteiger partial charge on any atom is 0.534 e. The third kappa shape index (κ3) is 10.3. The first-order chi connectivity index (χ1) is 18.0. The van der Waals surface area contributed by atoms with Crippen molar-refractivity contribution in [3.8, 4) is 5.75 Å². The van der Waals surface area contributed by atoms with Crippen LogP contribution in [0, 0.1) is 0 Å². The third-order valence-corrected chi connectivity index (χ3v) is 6.76. The Morgan fingerprint density at radius 3 is 2.38 bits per heavy atom. The van der Waals surface area contributed by atoms with E-state index in [4.69, 9.17) is 14.2 Å². The van der Waals surface area contributed by atoms with Gasteiger partial charge in [-0.1, -0.05) is 12.1 Å². The summed E-state index contributed by atoms with van der Waals surface area (Å²) in [6, 6.07) is 5.84. The summed E-state index contributed by atoms with van der Waals surface area (Å²) in [5.41, 5.74) is -4.99. The predicted octanol–water partition coefficient (Wildman–Crippen LogP) is 5.30. The van der Waals surface area contributed by atoms with Crippen molar-refractivity contribution in [2.24, 2.45) is 0 Å². The summed E-state index contributed by atoms with van der Waals surface area (Å²) in [5, 5.41) is 6.17. The van der Waals surface area contributed by atoms with Gasteiger partial charge in [0.2, 0.25) is 0 Å². The largest absolute Gasteiger partial charge is 0.534 e. The number of rotatable bonds is 12. The van der Waals surface area contributed by atoms with Gasteiger partial charge in [-0.15, -0.1) is 0 Å². The van der Waals surface area contributed by atoms with Crippen molar-refractivity contribution in [1.82, 2.24) is 5.32 Å². The van der Waals surface area contributed by atoms with E-state index in [1.807, 2.05) is 16.8 Å². The van der Waals surface area contributed by atoms with Crippen molar-refractivity contribution in [3.05, 3.63) is 51.7 Å². The second-order valence-electron chi connectivity index (χ2n) is 9.47. The van der Waals surface area contributed by atoms with Crippen molar-refractivity contribution >= 4 is 33.5 Å². The van der Waals surface area contributed by atoms with E-state index in [0.29, 0.717) is 12.0 Å². The fourth-order valence-corrected chi connectivity index (χ4v) is 4.52. The highest BCUT2D eigenvalue weighted by Gasteiger charge is 2.48. The molecule has 218 valence electrons. The van der Waals surface area contributed by atoms with Crippen LogP contribution in [0.2, 0.25) is 0 Å². The zero-order valence-corrected chi connectivity index (χ0v) is 23.8. The fraction of sp³-hybridized carbons (Fsp3) is 0.520. The van der Waals surface area contributed by atoms with E-state index < -0.39 is 45.1 Å². The van der Waals surface area contributed by atoms with Crippen LogP contribution in [-0.4, -0.2) is 50.9 Å². The molecule has 2 aromatic rings. The van der Waals surface area contributed by atoms with Crippen LogP contribution in [0.1, 0.15) is 57.2 Å². The number of amides is 1. The van der Waals surface area contributed by atoms with Crippen molar-refractivity contribution in [2.75, 3.05) is 13.2 Å². The number of hydrogen-bond acceptors (Lipinski definition) is 9. The highest BCUT2D eigenvalue weighted by atomic mass is 32.2. The van der Waals surface area contributed by atoms with Crippen LogP contribution in [-0.2, 0) is 42.1 Å². The van der Waals surface area contributed by atoms with E-state index in [-0.39, 0.29) is 31.2 Å². The number of thiophene rings is 1. The molecule has 1 heterocycles. The summed E-state index contributed by atoms with van der Waals surface area (Å²) < 4.78 is 82.4. The Morgan fingerprint density at radius 1 is 1.13 bits per heavy atom. The molecule has 2 unspecified atom stereocenters. The molecule has 0 saturated heterocycles. The van der Waals surface area contributed by atoms with E-state index >= 15 is 0 Å². The molecule has 0 aliphatic rings. The molecule has 0 aliphatic carbocycles. The number of alkyl carbamates (subject to hydrolysis) is 1. The minimum absolute atomic E-state index is 0.0175. The van der Waals surface area contributed by atoms with Crippen LogP contribution in [0.25, 0.3) is 0 Å². The summed E-state index contributed by atoms with van der Waals surface area (Å²) in [6.45, 7) is 8.11. The van der Waals surface area contributed by atoms with Gasteiger partial charge in [-0.05, 0) is 75.1 Å². The van der Waals surface area contributed by atoms with Crippen molar-refractivity contribution in [2.45, 2.75) is 70.7 Å². The number of nitrogens with one attached hydrogen (secondary N) is 1. The molecule has 0 aliphatic heterocycles. The molecule has 0 radical (unpaired) electrons. The Balaban J connectivity index is 2.32. The highest BCUT2D eigenvalue weighted by molar-refractivity contribution is 7.88. The average Bonchev–Trinajstić information content (AvgIpc) is 3.34. The maximum absolute atomic E-state index is 13.0. The van der Waals surface area contributed by atoms with Gasteiger partial charge in [0.1, 0.15) is 11.4 Å². The standard InChI is InChI=1S/C25H32F3NO8S2/c1-6-34-22(30)16(2)35-14-20(18-9-10-38-15-18)12-17-7-8-21(37-39(32,33)25(26,27)28)19(11-17)13-29-23(31)36-24(3,4)5/h7-11,15-16,20H,6,12-14H2,1-5H3,(H,29,31). The number of carbonyl (C=O) groups is 2. The normalized spacial score (nSPS) is 13.8. The van der Waals surface area contributed by atoms with E-state index in [2.05, 4.69) is 9.50 Å². The number of carbonyl (C=O) groups excluding carboxylic acids is 2. The Morgan fingerprint density at radius 2 is 1.82 bits per heavy atom. The van der Waals surface area contributed by atoms with Crippen molar-refractivity contribution in [1.29, 1.82) is 0 Å². The first-order valence-corrected chi connectivity index (χ1v) is 14.3. The van der Waals surface area contributed by atoms with Crippen LogP contribution in [0.5, 0.6) is 5.75 Å². The summed E-state index contributed by atoms with van der Waals surface area (Å²) in [4.78, 5) is 24.1. The van der Waals surface area contributed by atoms with Crippen molar-refractivity contribution < 1.29 is 49.6 Å². The number of halogens is 3. The van der Waals surface area contributed by atoms with Gasteiger partial charge in [-0.25, -0.2) is 9.59 Å². The Labute approximate surface area is 229 Å². The van der Waals surface area contributed by atoms with Gasteiger partial charge >= 0.3 is 27.7 Å². The third-order valence-electron chi connectivity index (χ3n) is 5.09. The van der Waals surface area contributed by atoms with Gasteiger partial charge in [0.15, 0.2) is 6.10 Å². The number of benzene rings is 1. The molecule has 1 aromatic heterocycles. The van der Waals surface area contributed by atoms with Crippen LogP contribution in [0.3, 0.4) is 0 Å². The zero-order valence-electron chi connectivity index (χ0n) is 22.2. The van der Waals surface area contributed by atoms with Gasteiger partial charge in [0.05, 0.1) is 13.2 Å². The van der Waals surface area contributed by atoms with Crippen molar-refractivity contribution in [3.63, 3.8) is 0 Å². The lowest BCUT2D eigenvalue weighted by atomic mass is 9.93. The Bertz CT molecular complexity index is 1210. The molecule has 9 nitrogen and oxygen atoms in total. The molecule has 0 saturated carbocycles. The second-order valence-corrected chi connectivity index (χ2v) is 11.8. The molecule has 1 aromatic carbocycles. The number of esters is 1. The first-order valence-electron chi connectivity index (χ1n) is 11.9. The highest BCUT2D eigenvalue weighted by Crippen LogP contribution is 2.31. The molecule has 0 spiro atoms. The smallest absolute Gasteiger partial charge is 0.464 e. The predicted molar refractivity (Wildman–Crippen MR) is 138 cm³/mol. The Kier molecular flexibility index (Phi) is 11.2. The minimum Gasteiger partial charge on any atom is -0.464 e. The summed E-state index contributed by atoms with van der Waals surface area (Å²) >= 11 is 1.46. The average molecular weight is 596 g/mol. The molecule has 2 rings (SSSR count). The minimum atomic E-state index is -5.95. The molecule has 14 heteroatoms. The molecular weight excluding hydrogens is 563 g/mol. The second kappa shape index (κ2) is 13.5. The van der Waals surface area contributed by atoms with Gasteiger partial charge in [0, 0.05) is 18.0 Å². The molecular formula is C25H32F3NO8S2. The Hall–Kier alpha value is -2.84. The molecule has 39 heavy (non-hydrogen) atoms. The molecule has 1 amide bonds. The summed E-state index contributed by atoms with van der Waals surface area (Å²) in [6.07, 6.45) is -1.35. The fourth-order valence-electron chi connectivity index (χ4n) is 3.28. The van der Waals surface area contributed by atoms with Gasteiger partial charge in [-0.3, -0.25) is 0 Å². The maximum atomic E-state index is 13.0. The van der Waals surface area contributed by atoms with Gasteiger partial charge < -0.3 is 23.7 Å². The molecule has 1 N–H and O–H groups in total. The van der Waals surface area contributed by atoms with E-state index in [1.165, 1.54) is 23.5 Å². The monoisotopic (exact) mass is 595 g/mol. The lowest BCUT2D eigenvalue weighted by Gasteiger charge is -2.21. The SMILES string of the molecule is CCOC(=O)C(C)OCC(Cc1ccc(OS(=O)(=O)C(F)(F)F)c(CNC(=O)OC(C)(C)C)c1)c1ccsc1. The molecule has 2 atom stereocenters. The zero-order chi connectivity index (χ0) is 29.4. The summed E-state index contributed by atoms with van der Waals surface area (Å²) in [7, 11) is -5.95. The van der Waals surface area contributed by atoms with Gasteiger partial charge in [0.25, 0.3) is 0 Å². The van der Waals surface area contributed by atoms with Crippen LogP contribution >= 0.6 is 11.3 Å². The summed E-state index contributed by atoms with van der Waals surface area (Å²) in [5.74, 6) is -1.36. The topological polar surface area (TPSA) is 117 Å². The number of hydrogen-bond donors (Lipinski definition) is 1.